The van der Waals surface area contributed by atoms with Crippen molar-refractivity contribution in [2.75, 3.05) is 13.7 Å². The molecule has 0 saturated heterocycles. The maximum atomic E-state index is 12.5. The average molecular weight is 369 g/mol. The summed E-state index contributed by atoms with van der Waals surface area (Å²) in [6, 6.07) is 8.17. The molecule has 0 saturated carbocycles. The van der Waals surface area contributed by atoms with Crippen LogP contribution in [0.25, 0.3) is 0 Å². The van der Waals surface area contributed by atoms with Gasteiger partial charge in [-0.25, -0.2) is 14.6 Å². The summed E-state index contributed by atoms with van der Waals surface area (Å²) in [4.78, 5) is 33.1. The number of ether oxygens (including phenoxy) is 1. The van der Waals surface area contributed by atoms with Gasteiger partial charge in [0.05, 0.1) is 18.5 Å². The van der Waals surface area contributed by atoms with Gasteiger partial charge in [-0.3, -0.25) is 4.90 Å². The van der Waals surface area contributed by atoms with Gasteiger partial charge >= 0.3 is 18.2 Å². The molecule has 1 unspecified atom stereocenters. The normalized spacial score (nSPS) is 16.8. The van der Waals surface area contributed by atoms with Crippen molar-refractivity contribution in [2.45, 2.75) is 18.6 Å². The van der Waals surface area contributed by atoms with E-state index in [0.717, 1.165) is 6.33 Å². The molecule has 2 heterocycles. The molecule has 0 spiro atoms. The molecule has 1 amide bonds. The van der Waals surface area contributed by atoms with E-state index in [1.54, 1.807) is 30.3 Å². The van der Waals surface area contributed by atoms with E-state index in [9.17, 15) is 22.8 Å². The minimum absolute atomic E-state index is 0.152. The first-order chi connectivity index (χ1) is 12.3. The second-order valence-corrected chi connectivity index (χ2v) is 5.51. The van der Waals surface area contributed by atoms with Gasteiger partial charge in [0.15, 0.2) is 0 Å². The van der Waals surface area contributed by atoms with Gasteiger partial charge in [-0.05, 0) is 5.56 Å². The van der Waals surface area contributed by atoms with Crippen LogP contribution in [0.5, 0.6) is 0 Å². The van der Waals surface area contributed by atoms with E-state index >= 15 is 0 Å². The van der Waals surface area contributed by atoms with Crippen molar-refractivity contribution in [3.8, 4) is 0 Å². The molecule has 0 N–H and O–H groups in total. The van der Waals surface area contributed by atoms with Crippen LogP contribution in [0.3, 0.4) is 0 Å². The van der Waals surface area contributed by atoms with E-state index < -0.39 is 24.3 Å². The number of rotatable bonds is 2. The number of halogens is 3. The summed E-state index contributed by atoms with van der Waals surface area (Å²) in [6.07, 6.45) is -4.57. The third-order valence-corrected chi connectivity index (χ3v) is 3.96. The fraction of sp³-hybridized carbons (Fsp3) is 0.312. The predicted octanol–water partition coefficient (Wildman–Crippen LogP) is 2.11. The Hall–Kier alpha value is -3.04. The van der Waals surface area contributed by atoms with Gasteiger partial charge < -0.3 is 9.57 Å². The van der Waals surface area contributed by atoms with E-state index in [0.29, 0.717) is 16.0 Å². The number of alkyl halides is 3. The first-order valence-corrected chi connectivity index (χ1v) is 7.58. The summed E-state index contributed by atoms with van der Waals surface area (Å²) < 4.78 is 42.8. The summed E-state index contributed by atoms with van der Waals surface area (Å²) in [5.41, 5.74) is 1.31. The Kier molecular flexibility index (Phi) is 4.58. The molecule has 1 aliphatic rings. The van der Waals surface area contributed by atoms with Crippen LogP contribution in [0.15, 0.2) is 36.7 Å². The van der Waals surface area contributed by atoms with E-state index in [-0.39, 0.29) is 18.7 Å². The molecule has 3 rings (SSSR count). The molecule has 26 heavy (non-hydrogen) atoms. The number of benzene rings is 1. The Morgan fingerprint density at radius 1 is 1.23 bits per heavy atom. The van der Waals surface area contributed by atoms with Crippen LogP contribution in [0.1, 0.15) is 23.0 Å². The molecule has 0 fully saturated rings. The lowest BCUT2D eigenvalue weighted by atomic mass is 9.96. The van der Waals surface area contributed by atoms with Crippen LogP contribution in [-0.4, -0.2) is 46.5 Å². The van der Waals surface area contributed by atoms with Crippen molar-refractivity contribution < 1.29 is 32.3 Å². The Balaban J connectivity index is 2.00. The van der Waals surface area contributed by atoms with Crippen molar-refractivity contribution in [1.82, 2.24) is 14.6 Å². The number of methoxy groups -OCH3 is 1. The zero-order valence-corrected chi connectivity index (χ0v) is 13.6. The summed E-state index contributed by atoms with van der Waals surface area (Å²) in [5, 5.41) is 0. The maximum Gasteiger partial charge on any atom is 0.493 e. The number of carbonyl (C=O) groups is 2. The molecule has 1 aliphatic heterocycles. The second-order valence-electron chi connectivity index (χ2n) is 5.51. The quantitative estimate of drug-likeness (QED) is 0.811. The number of fused-ring (bicyclic) bond motifs is 1. The number of hydrogen-bond donors (Lipinski definition) is 0. The van der Waals surface area contributed by atoms with Crippen LogP contribution >= 0.6 is 0 Å². The zero-order valence-electron chi connectivity index (χ0n) is 13.6. The fourth-order valence-corrected chi connectivity index (χ4v) is 2.85. The smallest absolute Gasteiger partial charge is 0.453 e. The lowest BCUT2D eigenvalue weighted by molar-refractivity contribution is -0.200. The minimum atomic E-state index is -5.12. The van der Waals surface area contributed by atoms with Crippen LogP contribution < -0.4 is 4.84 Å². The molecular formula is C16H14F3N3O4. The largest absolute Gasteiger partial charge is 0.493 e. The van der Waals surface area contributed by atoms with Crippen molar-refractivity contribution >= 4 is 12.1 Å². The van der Waals surface area contributed by atoms with E-state index in [2.05, 4.69) is 9.82 Å². The summed E-state index contributed by atoms with van der Waals surface area (Å²) >= 11 is 0. The molecule has 0 bridgehead atoms. The third kappa shape index (κ3) is 3.22. The third-order valence-electron chi connectivity index (χ3n) is 3.96. The van der Waals surface area contributed by atoms with Gasteiger partial charge in [-0.1, -0.05) is 30.3 Å². The molecule has 138 valence electrons. The SMILES string of the molecule is COC(=O)N1CCc2c(ncn2OC(=O)C(F)(F)F)C1c1ccccc1. The maximum absolute atomic E-state index is 12.5. The van der Waals surface area contributed by atoms with Gasteiger partial charge in [-0.2, -0.15) is 17.9 Å². The molecule has 0 radical (unpaired) electrons. The fourth-order valence-electron chi connectivity index (χ4n) is 2.85. The molecule has 2 aromatic rings. The number of hydrogen-bond acceptors (Lipinski definition) is 5. The zero-order chi connectivity index (χ0) is 18.9. The van der Waals surface area contributed by atoms with Gasteiger partial charge in [0.2, 0.25) is 0 Å². The van der Waals surface area contributed by atoms with Gasteiger partial charge in [0, 0.05) is 13.0 Å². The molecular weight excluding hydrogens is 355 g/mol. The highest BCUT2D eigenvalue weighted by atomic mass is 19.4. The van der Waals surface area contributed by atoms with Crippen molar-refractivity contribution in [3.05, 3.63) is 53.6 Å². The lowest BCUT2D eigenvalue weighted by Crippen LogP contribution is -2.42. The molecule has 1 aromatic heterocycles. The molecule has 1 atom stereocenters. The van der Waals surface area contributed by atoms with Crippen LogP contribution in [-0.2, 0) is 16.0 Å². The first-order valence-electron chi connectivity index (χ1n) is 7.58. The standard InChI is InChI=1S/C16H14F3N3O4/c1-25-15(24)21-8-7-11-12(13(21)10-5-3-2-4-6-10)20-9-22(11)26-14(23)16(17,18)19/h2-6,9,13H,7-8H2,1H3. The second kappa shape index (κ2) is 6.70. The monoisotopic (exact) mass is 369 g/mol. The van der Waals surface area contributed by atoms with Crippen molar-refractivity contribution in [1.29, 1.82) is 0 Å². The molecule has 1 aromatic carbocycles. The van der Waals surface area contributed by atoms with Gasteiger partial charge in [0.25, 0.3) is 0 Å². The van der Waals surface area contributed by atoms with Gasteiger partial charge in [0.1, 0.15) is 12.4 Å². The Labute approximate surface area is 145 Å². The molecule has 7 nitrogen and oxygen atoms in total. The predicted molar refractivity (Wildman–Crippen MR) is 81.0 cm³/mol. The first kappa shape index (κ1) is 17.8. The molecule has 10 heteroatoms. The highest BCUT2D eigenvalue weighted by molar-refractivity contribution is 5.76. The van der Waals surface area contributed by atoms with E-state index in [1.807, 2.05) is 0 Å². The van der Waals surface area contributed by atoms with Gasteiger partial charge in [-0.15, -0.1) is 0 Å². The highest BCUT2D eigenvalue weighted by Crippen LogP contribution is 2.34. The average Bonchev–Trinajstić information content (AvgIpc) is 3.03. The Morgan fingerprint density at radius 2 is 1.92 bits per heavy atom. The van der Waals surface area contributed by atoms with Crippen molar-refractivity contribution in [2.24, 2.45) is 0 Å². The Bertz CT molecular complexity index is 820. The van der Waals surface area contributed by atoms with E-state index in [4.69, 9.17) is 4.74 Å². The minimum Gasteiger partial charge on any atom is -0.453 e. The Morgan fingerprint density at radius 3 is 2.54 bits per heavy atom. The number of amides is 1. The summed E-state index contributed by atoms with van der Waals surface area (Å²) in [5.74, 6) is -2.34. The number of imidazole rings is 1. The van der Waals surface area contributed by atoms with Crippen LogP contribution in [0, 0.1) is 0 Å². The number of aromatic nitrogens is 2. The van der Waals surface area contributed by atoms with Crippen LogP contribution in [0.2, 0.25) is 0 Å². The van der Waals surface area contributed by atoms with Crippen LogP contribution in [0.4, 0.5) is 18.0 Å². The number of carbonyl (C=O) groups excluding carboxylic acids is 2. The molecule has 0 aliphatic carbocycles. The number of nitrogens with zero attached hydrogens (tertiary/aromatic N) is 3. The van der Waals surface area contributed by atoms with Crippen molar-refractivity contribution in [3.63, 3.8) is 0 Å². The highest BCUT2D eigenvalue weighted by Gasteiger charge is 2.43. The lowest BCUT2D eigenvalue weighted by Gasteiger charge is -2.34. The van der Waals surface area contributed by atoms with E-state index in [1.165, 1.54) is 12.0 Å². The summed E-state index contributed by atoms with van der Waals surface area (Å²) in [7, 11) is 1.24. The topological polar surface area (TPSA) is 73.7 Å². The summed E-state index contributed by atoms with van der Waals surface area (Å²) in [6.45, 7) is 0.161.